The van der Waals surface area contributed by atoms with Gasteiger partial charge in [0, 0.05) is 35.2 Å². The minimum Gasteiger partial charge on any atom is -0.488 e. The number of allylic oxidation sites excluding steroid dienone is 2. The number of nitrogens with one attached hydrogen (secondary N) is 1. The molecule has 1 aliphatic carbocycles. The van der Waals surface area contributed by atoms with Crippen LogP contribution in [0.5, 0.6) is 5.75 Å². The monoisotopic (exact) mass is 621 g/mol. The van der Waals surface area contributed by atoms with E-state index in [9.17, 15) is 31.5 Å². The lowest BCUT2D eigenvalue weighted by molar-refractivity contribution is -0.137. The molecule has 0 unspecified atom stereocenters. The normalized spacial score (nSPS) is 13.3. The van der Waals surface area contributed by atoms with E-state index in [0.29, 0.717) is 60.0 Å². The van der Waals surface area contributed by atoms with Crippen molar-refractivity contribution < 1.29 is 41.0 Å². The zero-order chi connectivity index (χ0) is 31.1. The van der Waals surface area contributed by atoms with Gasteiger partial charge < -0.3 is 14.8 Å². The molecule has 0 spiro atoms. The Labute approximate surface area is 250 Å². The van der Waals surface area contributed by atoms with Gasteiger partial charge in [-0.05, 0) is 97.8 Å². The zero-order valence-corrected chi connectivity index (χ0v) is 24.0. The van der Waals surface area contributed by atoms with Crippen LogP contribution in [0, 0.1) is 11.6 Å². The van der Waals surface area contributed by atoms with Gasteiger partial charge in [0.05, 0.1) is 17.7 Å². The van der Waals surface area contributed by atoms with Crippen LogP contribution in [-0.2, 0) is 22.3 Å². The molecule has 0 aromatic heterocycles. The molecule has 1 N–H and O–H groups in total. The highest BCUT2D eigenvalue weighted by molar-refractivity contribution is 6.18. The first-order valence-corrected chi connectivity index (χ1v) is 14.2. The average Bonchev–Trinajstić information content (AvgIpc) is 3.45. The summed E-state index contributed by atoms with van der Waals surface area (Å²) in [4.78, 5) is 25.1. The molecular formula is C32H29ClF5NO4. The quantitative estimate of drug-likeness (QED) is 0.132. The molecule has 1 aliphatic rings. The topological polar surface area (TPSA) is 64.6 Å². The molecule has 3 aromatic rings. The first-order chi connectivity index (χ1) is 20.5. The van der Waals surface area contributed by atoms with Crippen molar-refractivity contribution in [2.75, 3.05) is 17.8 Å². The highest BCUT2D eigenvalue weighted by Crippen LogP contribution is 2.45. The van der Waals surface area contributed by atoms with E-state index >= 15 is 0 Å². The van der Waals surface area contributed by atoms with E-state index in [0.717, 1.165) is 18.2 Å². The fourth-order valence-electron chi connectivity index (χ4n) is 4.88. The maximum absolute atomic E-state index is 14.3. The van der Waals surface area contributed by atoms with Crippen LogP contribution < -0.4 is 10.1 Å². The summed E-state index contributed by atoms with van der Waals surface area (Å²) in [6, 6.07) is 10.7. The fourth-order valence-corrected chi connectivity index (χ4v) is 5.01. The van der Waals surface area contributed by atoms with Gasteiger partial charge in [-0.15, -0.1) is 11.6 Å². The van der Waals surface area contributed by atoms with Crippen molar-refractivity contribution in [2.24, 2.45) is 0 Å². The molecule has 0 aliphatic heterocycles. The van der Waals surface area contributed by atoms with E-state index in [1.165, 1.54) is 18.2 Å². The summed E-state index contributed by atoms with van der Waals surface area (Å²) in [5.41, 5.74) is 1.54. The molecule has 5 nitrogen and oxygen atoms in total. The van der Waals surface area contributed by atoms with Gasteiger partial charge in [0.15, 0.2) is 0 Å². The van der Waals surface area contributed by atoms with Gasteiger partial charge in [-0.2, -0.15) is 13.2 Å². The Bertz CT molecular complexity index is 1540. The van der Waals surface area contributed by atoms with Crippen molar-refractivity contribution in [3.05, 3.63) is 94.0 Å². The Morgan fingerprint density at radius 1 is 0.977 bits per heavy atom. The number of carbonyl (C=O) groups excluding carboxylic acids is 2. The molecule has 0 heterocycles. The van der Waals surface area contributed by atoms with Gasteiger partial charge >= 0.3 is 12.1 Å². The Kier molecular flexibility index (Phi) is 10.4. The summed E-state index contributed by atoms with van der Waals surface area (Å²) in [6.45, 7) is 1.43. The van der Waals surface area contributed by atoms with Gasteiger partial charge in [-0.25, -0.2) is 13.6 Å². The molecule has 3 aromatic carbocycles. The number of ether oxygens (including phenoxy) is 2. The lowest BCUT2D eigenvalue weighted by Crippen LogP contribution is -2.13. The Hall–Kier alpha value is -3.92. The highest BCUT2D eigenvalue weighted by Gasteiger charge is 2.32. The molecule has 43 heavy (non-hydrogen) atoms. The van der Waals surface area contributed by atoms with Crippen molar-refractivity contribution in [3.8, 4) is 5.75 Å². The van der Waals surface area contributed by atoms with E-state index in [4.69, 9.17) is 21.1 Å². The third kappa shape index (κ3) is 8.13. The van der Waals surface area contributed by atoms with Gasteiger partial charge in [0.2, 0.25) is 5.91 Å². The number of hydrogen-bond donors (Lipinski definition) is 1. The number of anilines is 1. The molecule has 11 heteroatoms. The van der Waals surface area contributed by atoms with Crippen molar-refractivity contribution in [1.82, 2.24) is 0 Å². The lowest BCUT2D eigenvalue weighted by atomic mass is 9.93. The van der Waals surface area contributed by atoms with Crippen LogP contribution in [0.25, 0.3) is 11.1 Å². The van der Waals surface area contributed by atoms with E-state index < -0.39 is 29.3 Å². The molecule has 0 bridgehead atoms. The molecule has 4 rings (SSSR count). The second-order valence-corrected chi connectivity index (χ2v) is 10.3. The minimum atomic E-state index is -4.64. The number of alkyl halides is 4. The third-order valence-corrected chi connectivity index (χ3v) is 7.13. The Morgan fingerprint density at radius 2 is 1.74 bits per heavy atom. The highest BCUT2D eigenvalue weighted by atomic mass is 35.5. The van der Waals surface area contributed by atoms with Crippen LogP contribution in [0.3, 0.4) is 0 Å². The summed E-state index contributed by atoms with van der Waals surface area (Å²) in [5.74, 6) is -2.16. The smallest absolute Gasteiger partial charge is 0.416 e. The lowest BCUT2D eigenvalue weighted by Gasteiger charge is -2.18. The molecule has 228 valence electrons. The number of rotatable bonds is 11. The number of amides is 1. The van der Waals surface area contributed by atoms with Crippen LogP contribution in [0.2, 0.25) is 0 Å². The SMILES string of the molecule is CCOC(=O)c1cc(NC(=O)CCCCl)cc(C2=C(c3cc(C(F)(F)F)ccc3OCc3ccc(F)cc3F)CCC2)c1. The predicted octanol–water partition coefficient (Wildman–Crippen LogP) is 8.79. The van der Waals surface area contributed by atoms with Crippen molar-refractivity contribution in [1.29, 1.82) is 0 Å². The van der Waals surface area contributed by atoms with E-state index in [1.54, 1.807) is 19.1 Å². The number of esters is 1. The maximum atomic E-state index is 14.3. The second kappa shape index (κ2) is 14.0. The number of hydrogen-bond acceptors (Lipinski definition) is 4. The van der Waals surface area contributed by atoms with Gasteiger partial charge in [0.25, 0.3) is 0 Å². The largest absolute Gasteiger partial charge is 0.488 e. The molecule has 0 saturated carbocycles. The van der Waals surface area contributed by atoms with Crippen LogP contribution >= 0.6 is 11.6 Å². The Morgan fingerprint density at radius 3 is 2.44 bits per heavy atom. The molecule has 1 amide bonds. The molecule has 0 saturated heterocycles. The van der Waals surface area contributed by atoms with Crippen molar-refractivity contribution in [3.63, 3.8) is 0 Å². The summed E-state index contributed by atoms with van der Waals surface area (Å²) >= 11 is 5.70. The Balaban J connectivity index is 1.80. The predicted molar refractivity (Wildman–Crippen MR) is 154 cm³/mol. The van der Waals surface area contributed by atoms with Crippen LogP contribution in [0.4, 0.5) is 27.6 Å². The number of carbonyl (C=O) groups is 2. The number of benzene rings is 3. The van der Waals surface area contributed by atoms with Crippen LogP contribution in [-0.4, -0.2) is 24.4 Å². The van der Waals surface area contributed by atoms with E-state index in [-0.39, 0.29) is 48.0 Å². The second-order valence-electron chi connectivity index (χ2n) is 9.90. The number of halogens is 6. The summed E-state index contributed by atoms with van der Waals surface area (Å²) in [6.07, 6.45) is -2.54. The van der Waals surface area contributed by atoms with Gasteiger partial charge in [0.1, 0.15) is 24.0 Å². The summed E-state index contributed by atoms with van der Waals surface area (Å²) in [7, 11) is 0. The summed E-state index contributed by atoms with van der Waals surface area (Å²) < 4.78 is 79.9. The molecule has 0 atom stereocenters. The molecule has 0 radical (unpaired) electrons. The third-order valence-electron chi connectivity index (χ3n) is 6.86. The maximum Gasteiger partial charge on any atom is 0.416 e. The van der Waals surface area contributed by atoms with E-state index in [1.807, 2.05) is 0 Å². The van der Waals surface area contributed by atoms with Crippen LogP contribution in [0.15, 0.2) is 54.6 Å². The fraction of sp³-hybridized carbons (Fsp3) is 0.312. The van der Waals surface area contributed by atoms with Crippen molar-refractivity contribution >= 4 is 40.3 Å². The van der Waals surface area contributed by atoms with Crippen LogP contribution in [0.1, 0.15) is 71.6 Å². The minimum absolute atomic E-state index is 0.0320. The zero-order valence-electron chi connectivity index (χ0n) is 23.3. The first kappa shape index (κ1) is 32.0. The van der Waals surface area contributed by atoms with Crippen molar-refractivity contribution in [2.45, 2.75) is 51.8 Å². The van der Waals surface area contributed by atoms with Gasteiger partial charge in [-0.1, -0.05) is 0 Å². The molecule has 0 fully saturated rings. The van der Waals surface area contributed by atoms with E-state index in [2.05, 4.69) is 5.32 Å². The molecular weight excluding hydrogens is 593 g/mol. The van der Waals surface area contributed by atoms with Gasteiger partial charge in [-0.3, -0.25) is 4.79 Å². The standard InChI is InChI=1S/C32H29ClF5NO4/c1-2-42-31(41)21-13-20(14-24(15-21)39-30(40)7-4-12-33)25-5-3-6-26(25)27-16-22(32(36,37)38)9-11-29(27)43-18-19-8-10-23(34)17-28(19)35/h8-11,13-17H,2-7,12,18H2,1H3,(H,39,40). The first-order valence-electron chi connectivity index (χ1n) is 13.7. The summed E-state index contributed by atoms with van der Waals surface area (Å²) in [5, 5.41) is 2.76. The average molecular weight is 622 g/mol.